The van der Waals surface area contributed by atoms with E-state index in [1.807, 2.05) is 6.07 Å². The fraction of sp³-hybridized carbons (Fsp3) is 0.632. The maximum absolute atomic E-state index is 11.4. The Labute approximate surface area is 156 Å². The molecule has 3 rings (SSSR count). The van der Waals surface area contributed by atoms with Gasteiger partial charge in [0.05, 0.1) is 12.7 Å². The topological polar surface area (TPSA) is 101 Å². The molecule has 1 aliphatic heterocycles. The summed E-state index contributed by atoms with van der Waals surface area (Å²) in [6.45, 7) is 2.40. The van der Waals surface area contributed by atoms with Crippen molar-refractivity contribution < 1.29 is 17.8 Å². The van der Waals surface area contributed by atoms with E-state index in [9.17, 15) is 13.2 Å². The Morgan fingerprint density at radius 3 is 2.19 bits per heavy atom. The maximum Gasteiger partial charge on any atom is 0.261 e. The molecule has 6 nitrogen and oxygen atoms in total. The molecule has 1 heterocycles. The molecule has 146 valence electrons. The number of rotatable bonds is 4. The van der Waals surface area contributed by atoms with E-state index >= 15 is 0 Å². The van der Waals surface area contributed by atoms with Gasteiger partial charge in [-0.25, -0.2) is 0 Å². The Morgan fingerprint density at radius 1 is 1.12 bits per heavy atom. The van der Waals surface area contributed by atoms with Gasteiger partial charge in [-0.1, -0.05) is 43.5 Å². The number of carbonyl (C=O) groups excluding carboxylic acids is 1. The van der Waals surface area contributed by atoms with Gasteiger partial charge in [0.2, 0.25) is 5.91 Å². The number of hydrogen-bond acceptors (Lipinski definition) is 4. The largest absolute Gasteiger partial charge is 0.369 e. The highest BCUT2D eigenvalue weighted by Crippen LogP contribution is 2.45. The zero-order valence-electron chi connectivity index (χ0n) is 15.5. The molecule has 0 bridgehead atoms. The van der Waals surface area contributed by atoms with Crippen molar-refractivity contribution in [2.75, 3.05) is 19.3 Å². The number of likely N-dealkylation sites (tertiary alicyclic amines) is 1. The fourth-order valence-electron chi connectivity index (χ4n) is 4.35. The van der Waals surface area contributed by atoms with Gasteiger partial charge in [0.25, 0.3) is 10.1 Å². The Balaban J connectivity index is 0.000000431. The van der Waals surface area contributed by atoms with Gasteiger partial charge < -0.3 is 5.73 Å². The molecule has 0 radical (unpaired) electrons. The summed E-state index contributed by atoms with van der Waals surface area (Å²) in [5.41, 5.74) is 8.12. The third-order valence-corrected chi connectivity index (χ3v) is 5.28. The summed E-state index contributed by atoms with van der Waals surface area (Å²) < 4.78 is 25.9. The van der Waals surface area contributed by atoms with Crippen LogP contribution in [0.1, 0.15) is 56.1 Å². The lowest BCUT2D eigenvalue weighted by atomic mass is 9.73. The zero-order chi connectivity index (χ0) is 19.2. The van der Waals surface area contributed by atoms with Gasteiger partial charge in [-0.05, 0) is 49.9 Å². The van der Waals surface area contributed by atoms with Crippen molar-refractivity contribution >= 4 is 16.0 Å². The molecule has 3 N–H and O–H groups in total. The van der Waals surface area contributed by atoms with Gasteiger partial charge >= 0.3 is 0 Å². The minimum Gasteiger partial charge on any atom is -0.369 e. The van der Waals surface area contributed by atoms with Crippen LogP contribution in [0, 0.1) is 0 Å². The van der Waals surface area contributed by atoms with E-state index in [1.54, 1.807) is 0 Å². The van der Waals surface area contributed by atoms with Gasteiger partial charge in [-0.3, -0.25) is 14.2 Å². The number of carbonyl (C=O) groups is 1. The molecule has 0 aromatic heterocycles. The van der Waals surface area contributed by atoms with E-state index in [-0.39, 0.29) is 11.4 Å². The number of nitrogens with zero attached hydrogens (tertiary/aromatic N) is 1. The standard InChI is InChI=1S/C18H26N2O.CH4O3S/c19-17(21)14-15-8-2-3-9-16(15)18(10-4-1-5-11-18)20-12-6-7-13-20;1-5(2,3)4/h2-3,8-9H,1,4-7,10-14H2,(H2,19,21);1H3,(H,2,3,4). The van der Waals surface area contributed by atoms with Crippen molar-refractivity contribution in [3.05, 3.63) is 35.4 Å². The lowest BCUT2D eigenvalue weighted by Crippen LogP contribution is -2.46. The van der Waals surface area contributed by atoms with Gasteiger partial charge in [0.15, 0.2) is 0 Å². The minimum absolute atomic E-state index is 0.154. The minimum atomic E-state index is -3.67. The van der Waals surface area contributed by atoms with E-state index < -0.39 is 10.1 Å². The molecule has 1 amide bonds. The molecule has 1 aliphatic carbocycles. The molecule has 2 fully saturated rings. The molecule has 1 saturated carbocycles. The third-order valence-electron chi connectivity index (χ3n) is 5.28. The highest BCUT2D eigenvalue weighted by molar-refractivity contribution is 7.85. The summed E-state index contributed by atoms with van der Waals surface area (Å²) >= 11 is 0. The van der Waals surface area contributed by atoms with Gasteiger partial charge in [-0.15, -0.1) is 0 Å². The molecule has 1 saturated heterocycles. The first-order valence-electron chi connectivity index (χ1n) is 9.26. The normalized spacial score (nSPS) is 20.2. The average molecular weight is 383 g/mol. The Kier molecular flexibility index (Phi) is 7.20. The summed E-state index contributed by atoms with van der Waals surface area (Å²) in [6.07, 6.45) is 10.1. The maximum atomic E-state index is 11.4. The molecule has 0 atom stereocenters. The first-order chi connectivity index (χ1) is 12.2. The predicted octanol–water partition coefficient (Wildman–Crippen LogP) is 2.47. The summed E-state index contributed by atoms with van der Waals surface area (Å²) in [5, 5.41) is 0. The van der Waals surface area contributed by atoms with Crippen LogP contribution in [0.15, 0.2) is 24.3 Å². The number of nitrogens with two attached hydrogens (primary N) is 1. The SMILES string of the molecule is CS(=O)(=O)O.NC(=O)Cc1ccccc1C1(N2CCCC2)CCCCC1. The molecule has 1 aromatic rings. The van der Waals surface area contributed by atoms with E-state index in [4.69, 9.17) is 10.3 Å². The van der Waals surface area contributed by atoms with Crippen LogP contribution < -0.4 is 5.73 Å². The van der Waals surface area contributed by atoms with Crippen LogP contribution >= 0.6 is 0 Å². The van der Waals surface area contributed by atoms with E-state index in [0.717, 1.165) is 5.56 Å². The zero-order valence-corrected chi connectivity index (χ0v) is 16.3. The van der Waals surface area contributed by atoms with Crippen molar-refractivity contribution in [2.24, 2.45) is 5.73 Å². The van der Waals surface area contributed by atoms with Gasteiger partial charge in [0, 0.05) is 5.54 Å². The van der Waals surface area contributed by atoms with Crippen molar-refractivity contribution in [1.82, 2.24) is 4.90 Å². The van der Waals surface area contributed by atoms with Crippen LogP contribution in [0.25, 0.3) is 0 Å². The second-order valence-corrected chi connectivity index (χ2v) is 8.79. The van der Waals surface area contributed by atoms with E-state index in [1.165, 1.54) is 63.6 Å². The summed E-state index contributed by atoms with van der Waals surface area (Å²) in [6, 6.07) is 8.48. The highest BCUT2D eigenvalue weighted by atomic mass is 32.2. The predicted molar refractivity (Wildman–Crippen MR) is 102 cm³/mol. The number of primary amides is 1. The molecular formula is C19H30N2O4S. The third kappa shape index (κ3) is 5.79. The fourth-order valence-corrected chi connectivity index (χ4v) is 4.35. The molecule has 1 aromatic carbocycles. The summed E-state index contributed by atoms with van der Waals surface area (Å²) in [7, 11) is -3.67. The van der Waals surface area contributed by atoms with Crippen LogP contribution in [-0.4, -0.2) is 43.1 Å². The van der Waals surface area contributed by atoms with Crippen LogP contribution in [-0.2, 0) is 26.9 Å². The molecular weight excluding hydrogens is 352 g/mol. The van der Waals surface area contributed by atoms with Crippen LogP contribution in [0.2, 0.25) is 0 Å². The average Bonchev–Trinajstić information content (AvgIpc) is 3.09. The van der Waals surface area contributed by atoms with Crippen molar-refractivity contribution in [3.8, 4) is 0 Å². The Morgan fingerprint density at radius 2 is 1.65 bits per heavy atom. The van der Waals surface area contributed by atoms with Gasteiger partial charge in [-0.2, -0.15) is 8.42 Å². The first-order valence-corrected chi connectivity index (χ1v) is 11.1. The lowest BCUT2D eigenvalue weighted by Gasteiger charge is -2.46. The van der Waals surface area contributed by atoms with Crippen molar-refractivity contribution in [3.63, 3.8) is 0 Å². The summed E-state index contributed by atoms with van der Waals surface area (Å²) in [5.74, 6) is -0.227. The molecule has 26 heavy (non-hydrogen) atoms. The monoisotopic (exact) mass is 382 g/mol. The van der Waals surface area contributed by atoms with E-state index in [2.05, 4.69) is 23.1 Å². The number of hydrogen-bond donors (Lipinski definition) is 2. The molecule has 2 aliphatic rings. The second kappa shape index (κ2) is 8.97. The summed E-state index contributed by atoms with van der Waals surface area (Å²) in [4.78, 5) is 14.1. The first kappa shape index (κ1) is 20.9. The molecule has 0 spiro atoms. The second-order valence-electron chi connectivity index (χ2n) is 7.32. The Bertz CT molecular complexity index is 698. The lowest BCUT2D eigenvalue weighted by molar-refractivity contribution is -0.117. The quantitative estimate of drug-likeness (QED) is 0.779. The molecule has 0 unspecified atom stereocenters. The number of amides is 1. The molecule has 7 heteroatoms. The van der Waals surface area contributed by atoms with Crippen molar-refractivity contribution in [2.45, 2.75) is 56.9 Å². The van der Waals surface area contributed by atoms with Crippen LogP contribution in [0.5, 0.6) is 0 Å². The number of benzene rings is 1. The highest BCUT2D eigenvalue weighted by Gasteiger charge is 2.41. The van der Waals surface area contributed by atoms with Crippen molar-refractivity contribution in [1.29, 1.82) is 0 Å². The van der Waals surface area contributed by atoms with Gasteiger partial charge in [0.1, 0.15) is 0 Å². The van der Waals surface area contributed by atoms with E-state index in [0.29, 0.717) is 12.7 Å². The smallest absolute Gasteiger partial charge is 0.261 e. The Hall–Kier alpha value is -1.44. The van der Waals surface area contributed by atoms with Crippen LogP contribution in [0.4, 0.5) is 0 Å². The van der Waals surface area contributed by atoms with Crippen LogP contribution in [0.3, 0.4) is 0 Å².